The normalized spacial score (nSPS) is 12.2. The van der Waals surface area contributed by atoms with Gasteiger partial charge in [0.25, 0.3) is 0 Å². The molecule has 1 atom stereocenters. The SMILES string of the molecule is COc1cccnc1C(N)c1ncccc1Br. The van der Waals surface area contributed by atoms with Gasteiger partial charge in [0, 0.05) is 16.9 Å². The maximum Gasteiger partial charge on any atom is 0.142 e. The molecule has 0 saturated heterocycles. The topological polar surface area (TPSA) is 61.0 Å². The minimum atomic E-state index is -0.415. The van der Waals surface area contributed by atoms with Gasteiger partial charge in [-0.2, -0.15) is 0 Å². The first-order chi connectivity index (χ1) is 8.24. The van der Waals surface area contributed by atoms with Crippen LogP contribution < -0.4 is 10.5 Å². The minimum Gasteiger partial charge on any atom is -0.495 e. The Morgan fingerprint density at radius 2 is 1.82 bits per heavy atom. The maximum atomic E-state index is 6.16. The van der Waals surface area contributed by atoms with Crippen LogP contribution in [0.2, 0.25) is 0 Å². The quantitative estimate of drug-likeness (QED) is 0.943. The van der Waals surface area contributed by atoms with Gasteiger partial charge in [0.2, 0.25) is 0 Å². The van der Waals surface area contributed by atoms with Gasteiger partial charge in [-0.25, -0.2) is 0 Å². The molecule has 2 N–H and O–H groups in total. The third kappa shape index (κ3) is 2.45. The summed E-state index contributed by atoms with van der Waals surface area (Å²) in [6.45, 7) is 0. The molecule has 0 saturated carbocycles. The fourth-order valence-corrected chi connectivity index (χ4v) is 2.07. The summed E-state index contributed by atoms with van der Waals surface area (Å²) >= 11 is 3.43. The average molecular weight is 294 g/mol. The van der Waals surface area contributed by atoms with Crippen molar-refractivity contribution in [1.82, 2.24) is 9.97 Å². The Morgan fingerprint density at radius 1 is 1.18 bits per heavy atom. The number of halogens is 1. The van der Waals surface area contributed by atoms with Crippen molar-refractivity contribution in [2.45, 2.75) is 6.04 Å². The smallest absolute Gasteiger partial charge is 0.142 e. The Kier molecular flexibility index (Phi) is 3.71. The van der Waals surface area contributed by atoms with Crippen LogP contribution in [0.15, 0.2) is 41.1 Å². The van der Waals surface area contributed by atoms with Crippen LogP contribution in [0.25, 0.3) is 0 Å². The zero-order chi connectivity index (χ0) is 12.3. The summed E-state index contributed by atoms with van der Waals surface area (Å²) in [7, 11) is 1.60. The number of aromatic nitrogens is 2. The number of hydrogen-bond donors (Lipinski definition) is 1. The first-order valence-electron chi connectivity index (χ1n) is 5.09. The van der Waals surface area contributed by atoms with Crippen LogP contribution in [0, 0.1) is 0 Å². The summed E-state index contributed by atoms with van der Waals surface area (Å²) < 4.78 is 6.10. The molecule has 5 heteroatoms. The number of rotatable bonds is 3. The molecular weight excluding hydrogens is 282 g/mol. The van der Waals surface area contributed by atoms with Crippen molar-refractivity contribution in [3.8, 4) is 5.75 Å². The van der Waals surface area contributed by atoms with E-state index in [1.165, 1.54) is 0 Å². The fourth-order valence-electron chi connectivity index (χ4n) is 1.57. The molecule has 1 unspecified atom stereocenters. The third-order valence-electron chi connectivity index (χ3n) is 2.40. The standard InChI is InChI=1S/C12H12BrN3O/c1-17-9-5-3-7-16-12(9)10(14)11-8(13)4-2-6-15-11/h2-7,10H,14H2,1H3. The zero-order valence-corrected chi connectivity index (χ0v) is 10.9. The highest BCUT2D eigenvalue weighted by Gasteiger charge is 2.18. The van der Waals surface area contributed by atoms with Gasteiger partial charge in [0.15, 0.2) is 0 Å². The van der Waals surface area contributed by atoms with E-state index < -0.39 is 6.04 Å². The Labute approximate surface area is 108 Å². The van der Waals surface area contributed by atoms with Gasteiger partial charge in [0.05, 0.1) is 18.8 Å². The van der Waals surface area contributed by atoms with Gasteiger partial charge in [0.1, 0.15) is 11.4 Å². The van der Waals surface area contributed by atoms with Crippen LogP contribution in [0.1, 0.15) is 17.4 Å². The molecule has 0 spiro atoms. The highest BCUT2D eigenvalue weighted by Crippen LogP contribution is 2.28. The highest BCUT2D eigenvalue weighted by molar-refractivity contribution is 9.10. The van der Waals surface area contributed by atoms with Crippen molar-refractivity contribution in [3.63, 3.8) is 0 Å². The Balaban J connectivity index is 2.44. The van der Waals surface area contributed by atoms with Gasteiger partial charge in [-0.05, 0) is 40.2 Å². The number of pyridine rings is 2. The number of nitrogens with zero attached hydrogens (tertiary/aromatic N) is 2. The minimum absolute atomic E-state index is 0.415. The fraction of sp³-hybridized carbons (Fsp3) is 0.167. The molecule has 0 aliphatic heterocycles. The summed E-state index contributed by atoms with van der Waals surface area (Å²) in [5.74, 6) is 0.664. The maximum absolute atomic E-state index is 6.16. The van der Waals surface area contributed by atoms with E-state index in [9.17, 15) is 0 Å². The van der Waals surface area contributed by atoms with Gasteiger partial charge < -0.3 is 10.5 Å². The van der Waals surface area contributed by atoms with E-state index in [0.717, 1.165) is 10.2 Å². The first-order valence-corrected chi connectivity index (χ1v) is 5.88. The molecule has 0 aliphatic rings. The van der Waals surface area contributed by atoms with E-state index in [2.05, 4.69) is 25.9 Å². The summed E-state index contributed by atoms with van der Waals surface area (Å²) in [5, 5.41) is 0. The van der Waals surface area contributed by atoms with E-state index in [0.29, 0.717) is 11.4 Å². The number of methoxy groups -OCH3 is 1. The summed E-state index contributed by atoms with van der Waals surface area (Å²) in [5.41, 5.74) is 7.57. The van der Waals surface area contributed by atoms with Crippen molar-refractivity contribution in [2.24, 2.45) is 5.73 Å². The Hall–Kier alpha value is -1.46. The summed E-state index contributed by atoms with van der Waals surface area (Å²) in [6.07, 6.45) is 3.39. The van der Waals surface area contributed by atoms with Crippen molar-refractivity contribution >= 4 is 15.9 Å². The van der Waals surface area contributed by atoms with E-state index in [1.54, 1.807) is 19.5 Å². The molecule has 0 aromatic carbocycles. The predicted molar refractivity (Wildman–Crippen MR) is 68.8 cm³/mol. The molecule has 88 valence electrons. The molecule has 0 aliphatic carbocycles. The molecule has 2 heterocycles. The van der Waals surface area contributed by atoms with E-state index >= 15 is 0 Å². The van der Waals surface area contributed by atoms with Crippen molar-refractivity contribution in [2.75, 3.05) is 7.11 Å². The zero-order valence-electron chi connectivity index (χ0n) is 9.30. The molecule has 0 fully saturated rings. The molecule has 2 rings (SSSR count). The lowest BCUT2D eigenvalue weighted by Crippen LogP contribution is -2.16. The lowest BCUT2D eigenvalue weighted by Gasteiger charge is -2.14. The molecule has 4 nitrogen and oxygen atoms in total. The largest absolute Gasteiger partial charge is 0.495 e. The van der Waals surface area contributed by atoms with Crippen LogP contribution >= 0.6 is 15.9 Å². The number of hydrogen-bond acceptors (Lipinski definition) is 4. The molecule has 0 radical (unpaired) electrons. The Bertz CT molecular complexity index is 519. The monoisotopic (exact) mass is 293 g/mol. The second-order valence-corrected chi connectivity index (χ2v) is 4.29. The lowest BCUT2D eigenvalue weighted by atomic mass is 10.1. The molecule has 2 aromatic rings. The molecule has 0 bridgehead atoms. The van der Waals surface area contributed by atoms with Crippen molar-refractivity contribution in [1.29, 1.82) is 0 Å². The van der Waals surface area contributed by atoms with Crippen molar-refractivity contribution < 1.29 is 4.74 Å². The molecule has 17 heavy (non-hydrogen) atoms. The second-order valence-electron chi connectivity index (χ2n) is 3.44. The van der Waals surface area contributed by atoms with Crippen LogP contribution in [0.5, 0.6) is 5.75 Å². The van der Waals surface area contributed by atoms with Crippen molar-refractivity contribution in [3.05, 3.63) is 52.5 Å². The lowest BCUT2D eigenvalue weighted by molar-refractivity contribution is 0.404. The molecular formula is C12H12BrN3O. The average Bonchev–Trinajstić information content (AvgIpc) is 2.38. The van der Waals surface area contributed by atoms with E-state index in [1.807, 2.05) is 24.3 Å². The van der Waals surface area contributed by atoms with E-state index in [-0.39, 0.29) is 0 Å². The van der Waals surface area contributed by atoms with Gasteiger partial charge >= 0.3 is 0 Å². The molecule has 0 amide bonds. The highest BCUT2D eigenvalue weighted by atomic mass is 79.9. The third-order valence-corrected chi connectivity index (χ3v) is 3.07. The number of ether oxygens (including phenoxy) is 1. The van der Waals surface area contributed by atoms with E-state index in [4.69, 9.17) is 10.5 Å². The van der Waals surface area contributed by atoms with Crippen LogP contribution in [-0.4, -0.2) is 17.1 Å². The molecule has 2 aromatic heterocycles. The number of nitrogens with two attached hydrogens (primary N) is 1. The second kappa shape index (κ2) is 5.25. The van der Waals surface area contributed by atoms with Gasteiger partial charge in [-0.3, -0.25) is 9.97 Å². The van der Waals surface area contributed by atoms with Gasteiger partial charge in [-0.1, -0.05) is 0 Å². The summed E-state index contributed by atoms with van der Waals surface area (Å²) in [4.78, 5) is 8.52. The Morgan fingerprint density at radius 3 is 2.47 bits per heavy atom. The predicted octanol–water partition coefficient (Wildman–Crippen LogP) is 2.30. The van der Waals surface area contributed by atoms with Crippen LogP contribution in [0.3, 0.4) is 0 Å². The van der Waals surface area contributed by atoms with Crippen LogP contribution in [-0.2, 0) is 0 Å². The van der Waals surface area contributed by atoms with Gasteiger partial charge in [-0.15, -0.1) is 0 Å². The summed E-state index contributed by atoms with van der Waals surface area (Å²) in [6, 6.07) is 6.97. The first kappa shape index (κ1) is 12.0. The van der Waals surface area contributed by atoms with Crippen LogP contribution in [0.4, 0.5) is 0 Å².